The average molecular weight is 325 g/mol. The normalized spacial score (nSPS) is 12.0. The van der Waals surface area contributed by atoms with Crippen molar-refractivity contribution in [2.75, 3.05) is 6.54 Å². The van der Waals surface area contributed by atoms with Crippen LogP contribution in [0.5, 0.6) is 11.5 Å². The van der Waals surface area contributed by atoms with Crippen LogP contribution < -0.4 is 10.1 Å². The third kappa shape index (κ3) is 3.68. The van der Waals surface area contributed by atoms with Crippen LogP contribution in [0.15, 0.2) is 59.2 Å². The molecule has 3 rings (SSSR count). The second kappa shape index (κ2) is 7.08. The second-order valence-corrected chi connectivity index (χ2v) is 5.55. The lowest BCUT2D eigenvalue weighted by Crippen LogP contribution is -2.37. The average Bonchev–Trinajstić information content (AvgIpc) is 3.00. The molecule has 1 aromatic heterocycles. The Morgan fingerprint density at radius 2 is 1.96 bits per heavy atom. The van der Waals surface area contributed by atoms with Gasteiger partial charge in [0.1, 0.15) is 17.1 Å². The van der Waals surface area contributed by atoms with Crippen molar-refractivity contribution in [3.8, 4) is 11.5 Å². The van der Waals surface area contributed by atoms with Crippen LogP contribution in [0.2, 0.25) is 0 Å². The Bertz CT molecular complexity index is 823. The first-order chi connectivity index (χ1) is 11.6. The van der Waals surface area contributed by atoms with E-state index in [9.17, 15) is 9.90 Å². The lowest BCUT2D eigenvalue weighted by molar-refractivity contribution is -0.127. The summed E-state index contributed by atoms with van der Waals surface area (Å²) < 4.78 is 11.0. The van der Waals surface area contributed by atoms with Gasteiger partial charge in [-0.25, -0.2) is 0 Å². The lowest BCUT2D eigenvalue weighted by Gasteiger charge is -2.14. The minimum absolute atomic E-state index is 0.159. The zero-order valence-electron chi connectivity index (χ0n) is 13.4. The number of ether oxygens (including phenoxy) is 1. The molecule has 0 fully saturated rings. The molecule has 0 saturated carbocycles. The molecule has 0 aliphatic rings. The van der Waals surface area contributed by atoms with Crippen LogP contribution >= 0.6 is 0 Å². The van der Waals surface area contributed by atoms with Crippen molar-refractivity contribution in [1.29, 1.82) is 0 Å². The third-order valence-corrected chi connectivity index (χ3v) is 3.77. The predicted molar refractivity (Wildman–Crippen MR) is 91.1 cm³/mol. The number of nitrogens with one attached hydrogen (secondary N) is 1. The van der Waals surface area contributed by atoms with Gasteiger partial charge in [0.25, 0.3) is 5.91 Å². The van der Waals surface area contributed by atoms with Gasteiger partial charge in [0.2, 0.25) is 0 Å². The molecular formula is C19H19NO4. The fourth-order valence-corrected chi connectivity index (χ4v) is 2.47. The topological polar surface area (TPSA) is 71.7 Å². The Morgan fingerprint density at radius 1 is 1.21 bits per heavy atom. The summed E-state index contributed by atoms with van der Waals surface area (Å²) in [6.45, 7) is 2.20. The molecule has 0 aliphatic carbocycles. The number of hydrogen-bond acceptors (Lipinski definition) is 4. The van der Waals surface area contributed by atoms with E-state index in [-0.39, 0.29) is 11.7 Å². The van der Waals surface area contributed by atoms with Gasteiger partial charge >= 0.3 is 0 Å². The van der Waals surface area contributed by atoms with E-state index in [4.69, 9.17) is 9.15 Å². The van der Waals surface area contributed by atoms with Gasteiger partial charge in [-0.3, -0.25) is 4.79 Å². The van der Waals surface area contributed by atoms with Crippen molar-refractivity contribution >= 4 is 16.9 Å². The highest BCUT2D eigenvalue weighted by atomic mass is 16.5. The highest BCUT2D eigenvalue weighted by molar-refractivity contribution is 5.82. The Labute approximate surface area is 139 Å². The molecule has 24 heavy (non-hydrogen) atoms. The van der Waals surface area contributed by atoms with Crippen molar-refractivity contribution in [3.63, 3.8) is 0 Å². The van der Waals surface area contributed by atoms with E-state index in [0.717, 1.165) is 16.5 Å². The summed E-state index contributed by atoms with van der Waals surface area (Å²) in [5, 5.41) is 13.2. The number of rotatable bonds is 6. The minimum Gasteiger partial charge on any atom is -0.508 e. The number of benzene rings is 2. The van der Waals surface area contributed by atoms with Crippen LogP contribution in [0.25, 0.3) is 11.0 Å². The van der Waals surface area contributed by atoms with Crippen molar-refractivity contribution in [1.82, 2.24) is 5.32 Å². The molecule has 124 valence electrons. The van der Waals surface area contributed by atoms with E-state index in [2.05, 4.69) is 5.32 Å². The molecule has 2 N–H and O–H groups in total. The van der Waals surface area contributed by atoms with E-state index in [1.54, 1.807) is 25.3 Å². The van der Waals surface area contributed by atoms with E-state index < -0.39 is 6.10 Å². The number of carbonyl (C=O) groups excluding carboxylic acids is 1. The molecule has 0 radical (unpaired) electrons. The highest BCUT2D eigenvalue weighted by Crippen LogP contribution is 2.21. The van der Waals surface area contributed by atoms with Gasteiger partial charge in [-0.1, -0.05) is 18.2 Å². The van der Waals surface area contributed by atoms with Gasteiger partial charge in [-0.2, -0.15) is 0 Å². The molecule has 0 aliphatic heterocycles. The maximum atomic E-state index is 12.1. The molecule has 1 unspecified atom stereocenters. The summed E-state index contributed by atoms with van der Waals surface area (Å²) in [5.74, 6) is 0.513. The Kier molecular flexibility index (Phi) is 4.70. The number of para-hydroxylation sites is 1. The SMILES string of the molecule is CC(Oc1ccc(O)cc1)C(=O)NCCc1coc2ccccc12. The summed E-state index contributed by atoms with van der Waals surface area (Å²) in [4.78, 5) is 12.1. The smallest absolute Gasteiger partial charge is 0.260 e. The number of aromatic hydroxyl groups is 1. The molecule has 0 spiro atoms. The first-order valence-corrected chi connectivity index (χ1v) is 7.82. The zero-order valence-corrected chi connectivity index (χ0v) is 13.4. The number of fused-ring (bicyclic) bond motifs is 1. The quantitative estimate of drug-likeness (QED) is 0.730. The number of phenols is 1. The van der Waals surface area contributed by atoms with Crippen LogP contribution in [0.4, 0.5) is 0 Å². The molecule has 3 aromatic rings. The Balaban J connectivity index is 1.50. The molecule has 0 saturated heterocycles. The van der Waals surface area contributed by atoms with Crippen LogP contribution in [0.1, 0.15) is 12.5 Å². The van der Waals surface area contributed by atoms with Crippen molar-refractivity contribution < 1.29 is 19.1 Å². The number of phenolic OH excluding ortho intramolecular Hbond substituents is 1. The number of carbonyl (C=O) groups is 1. The molecule has 0 bridgehead atoms. The number of hydrogen-bond donors (Lipinski definition) is 2. The van der Waals surface area contributed by atoms with Gasteiger partial charge < -0.3 is 19.6 Å². The van der Waals surface area contributed by atoms with Crippen molar-refractivity contribution in [3.05, 3.63) is 60.4 Å². The lowest BCUT2D eigenvalue weighted by atomic mass is 10.1. The van der Waals surface area contributed by atoms with Crippen LogP contribution in [-0.2, 0) is 11.2 Å². The van der Waals surface area contributed by atoms with Gasteiger partial charge in [-0.05, 0) is 49.2 Å². The number of furan rings is 1. The van der Waals surface area contributed by atoms with E-state index >= 15 is 0 Å². The van der Waals surface area contributed by atoms with E-state index in [0.29, 0.717) is 18.7 Å². The molecule has 1 heterocycles. The van der Waals surface area contributed by atoms with Crippen molar-refractivity contribution in [2.24, 2.45) is 0 Å². The Morgan fingerprint density at radius 3 is 2.75 bits per heavy atom. The maximum absolute atomic E-state index is 12.1. The van der Waals surface area contributed by atoms with Gasteiger partial charge in [-0.15, -0.1) is 0 Å². The fraction of sp³-hybridized carbons (Fsp3) is 0.211. The van der Waals surface area contributed by atoms with Crippen LogP contribution in [0.3, 0.4) is 0 Å². The summed E-state index contributed by atoms with van der Waals surface area (Å²) >= 11 is 0. The second-order valence-electron chi connectivity index (χ2n) is 5.55. The van der Waals surface area contributed by atoms with Crippen LogP contribution in [0, 0.1) is 0 Å². The standard InChI is InChI=1S/C19H19NO4/c1-13(24-16-8-6-15(21)7-9-16)19(22)20-11-10-14-12-23-18-5-3-2-4-17(14)18/h2-9,12-13,21H,10-11H2,1H3,(H,20,22). The molecule has 2 aromatic carbocycles. The van der Waals surface area contributed by atoms with Gasteiger partial charge in [0.15, 0.2) is 6.10 Å². The first kappa shape index (κ1) is 15.9. The molecule has 5 heteroatoms. The van der Waals surface area contributed by atoms with E-state index in [1.165, 1.54) is 12.1 Å². The zero-order chi connectivity index (χ0) is 16.9. The van der Waals surface area contributed by atoms with Crippen molar-refractivity contribution in [2.45, 2.75) is 19.4 Å². The summed E-state index contributed by atoms with van der Waals surface area (Å²) in [7, 11) is 0. The largest absolute Gasteiger partial charge is 0.508 e. The highest BCUT2D eigenvalue weighted by Gasteiger charge is 2.14. The predicted octanol–water partition coefficient (Wildman–Crippen LogP) is 3.26. The molecule has 1 atom stereocenters. The third-order valence-electron chi connectivity index (χ3n) is 3.77. The minimum atomic E-state index is -0.615. The molecule has 1 amide bonds. The Hall–Kier alpha value is -2.95. The fourth-order valence-electron chi connectivity index (χ4n) is 2.47. The summed E-state index contributed by atoms with van der Waals surface area (Å²) in [6.07, 6.45) is 1.80. The van der Waals surface area contributed by atoms with Gasteiger partial charge in [0, 0.05) is 11.9 Å². The molecular weight excluding hydrogens is 306 g/mol. The molecule has 5 nitrogen and oxygen atoms in total. The summed E-state index contributed by atoms with van der Waals surface area (Å²) in [5.41, 5.74) is 1.92. The van der Waals surface area contributed by atoms with Gasteiger partial charge in [0.05, 0.1) is 6.26 Å². The number of amides is 1. The summed E-state index contributed by atoms with van der Waals surface area (Å²) in [6, 6.07) is 14.1. The van der Waals surface area contributed by atoms with Crippen LogP contribution in [-0.4, -0.2) is 23.7 Å². The monoisotopic (exact) mass is 325 g/mol. The maximum Gasteiger partial charge on any atom is 0.260 e. The van der Waals surface area contributed by atoms with E-state index in [1.807, 2.05) is 24.3 Å². The first-order valence-electron chi connectivity index (χ1n) is 7.82.